The molecule has 110 valence electrons. The molecule has 1 aromatic carbocycles. The Balaban J connectivity index is 1.58. The first kappa shape index (κ1) is 13.1. The van der Waals surface area contributed by atoms with E-state index in [0.29, 0.717) is 11.6 Å². The molecule has 4 heteroatoms. The van der Waals surface area contributed by atoms with Gasteiger partial charge in [0.2, 0.25) is 0 Å². The van der Waals surface area contributed by atoms with Gasteiger partial charge in [-0.1, -0.05) is 36.4 Å². The average Bonchev–Trinajstić information content (AvgIpc) is 3.24. The Kier molecular flexibility index (Phi) is 3.15. The highest BCUT2D eigenvalue weighted by Gasteiger charge is 2.28. The van der Waals surface area contributed by atoms with Gasteiger partial charge in [0.05, 0.1) is 18.0 Å². The zero-order valence-corrected chi connectivity index (χ0v) is 12.2. The van der Waals surface area contributed by atoms with E-state index in [9.17, 15) is 4.79 Å². The molecular formula is C18H17N3O. The first-order valence-corrected chi connectivity index (χ1v) is 7.58. The van der Waals surface area contributed by atoms with Gasteiger partial charge in [-0.2, -0.15) is 0 Å². The number of nitrogens with zero attached hydrogens (tertiary/aromatic N) is 3. The minimum Gasteiger partial charge on any atom is -0.337 e. The number of likely N-dealkylation sites (tertiary alicyclic amines) is 1. The maximum atomic E-state index is 12.8. The number of carbonyl (C=O) groups is 1. The molecule has 3 aromatic rings. The number of imidazole rings is 1. The summed E-state index contributed by atoms with van der Waals surface area (Å²) in [6.07, 6.45) is 4.50. The van der Waals surface area contributed by atoms with E-state index in [2.05, 4.69) is 29.2 Å². The largest absolute Gasteiger partial charge is 0.337 e. The van der Waals surface area contributed by atoms with Gasteiger partial charge in [-0.3, -0.25) is 9.20 Å². The second-order valence-corrected chi connectivity index (χ2v) is 5.75. The molecule has 0 saturated carbocycles. The van der Waals surface area contributed by atoms with Crippen LogP contribution >= 0.6 is 0 Å². The van der Waals surface area contributed by atoms with E-state index in [1.807, 2.05) is 33.6 Å². The van der Waals surface area contributed by atoms with Gasteiger partial charge >= 0.3 is 0 Å². The summed E-state index contributed by atoms with van der Waals surface area (Å²) in [4.78, 5) is 18.9. The maximum absolute atomic E-state index is 12.8. The SMILES string of the molecule is O=C(c1cccc2cncn12)N1CCC(c2ccccc2)C1. The molecule has 0 radical (unpaired) electrons. The minimum atomic E-state index is 0.0852. The van der Waals surface area contributed by atoms with Crippen LogP contribution in [0.15, 0.2) is 61.1 Å². The van der Waals surface area contributed by atoms with Crippen LogP contribution in [0.3, 0.4) is 0 Å². The van der Waals surface area contributed by atoms with Gasteiger partial charge < -0.3 is 4.90 Å². The quantitative estimate of drug-likeness (QED) is 0.728. The molecule has 0 spiro atoms. The third-order valence-electron chi connectivity index (χ3n) is 4.41. The fourth-order valence-corrected chi connectivity index (χ4v) is 3.23. The van der Waals surface area contributed by atoms with Crippen molar-refractivity contribution in [2.45, 2.75) is 12.3 Å². The standard InChI is InChI=1S/C18H17N3O/c22-18(17-8-4-7-16-11-19-13-21(16)17)20-10-9-15(12-20)14-5-2-1-3-6-14/h1-8,11,13,15H,9-10,12H2. The number of aromatic nitrogens is 2. The Morgan fingerprint density at radius 3 is 2.82 bits per heavy atom. The molecule has 1 aliphatic rings. The Morgan fingerprint density at radius 2 is 1.95 bits per heavy atom. The highest BCUT2D eigenvalue weighted by Crippen LogP contribution is 2.28. The zero-order chi connectivity index (χ0) is 14.9. The van der Waals surface area contributed by atoms with Gasteiger partial charge in [0.25, 0.3) is 5.91 Å². The molecule has 3 heterocycles. The summed E-state index contributed by atoms with van der Waals surface area (Å²) in [5.74, 6) is 0.522. The smallest absolute Gasteiger partial charge is 0.270 e. The van der Waals surface area contributed by atoms with E-state index in [4.69, 9.17) is 0 Å². The van der Waals surface area contributed by atoms with Crippen molar-refractivity contribution in [2.75, 3.05) is 13.1 Å². The van der Waals surface area contributed by atoms with Crippen LogP contribution in [0.4, 0.5) is 0 Å². The lowest BCUT2D eigenvalue weighted by Crippen LogP contribution is -2.29. The van der Waals surface area contributed by atoms with Crippen LogP contribution in [0.2, 0.25) is 0 Å². The summed E-state index contributed by atoms with van der Waals surface area (Å²) in [5, 5.41) is 0. The van der Waals surface area contributed by atoms with Gasteiger partial charge in [-0.15, -0.1) is 0 Å². The van der Waals surface area contributed by atoms with Gasteiger partial charge in [-0.25, -0.2) is 4.98 Å². The Labute approximate surface area is 129 Å². The second-order valence-electron chi connectivity index (χ2n) is 5.75. The van der Waals surface area contributed by atoms with Crippen LogP contribution in [-0.2, 0) is 0 Å². The van der Waals surface area contributed by atoms with Crippen molar-refractivity contribution in [3.8, 4) is 0 Å². The van der Waals surface area contributed by atoms with Crippen molar-refractivity contribution in [2.24, 2.45) is 0 Å². The van der Waals surface area contributed by atoms with Gasteiger partial charge in [0.15, 0.2) is 0 Å². The molecule has 1 atom stereocenters. The van der Waals surface area contributed by atoms with E-state index in [1.165, 1.54) is 5.56 Å². The lowest BCUT2D eigenvalue weighted by molar-refractivity contribution is 0.0783. The Morgan fingerprint density at radius 1 is 1.09 bits per heavy atom. The summed E-state index contributed by atoms with van der Waals surface area (Å²) in [6, 6.07) is 16.2. The normalized spacial score (nSPS) is 18.0. The predicted molar refractivity (Wildman–Crippen MR) is 84.9 cm³/mol. The lowest BCUT2D eigenvalue weighted by atomic mass is 9.99. The summed E-state index contributed by atoms with van der Waals surface area (Å²) < 4.78 is 1.86. The first-order valence-electron chi connectivity index (χ1n) is 7.58. The molecular weight excluding hydrogens is 274 g/mol. The fourth-order valence-electron chi connectivity index (χ4n) is 3.23. The minimum absolute atomic E-state index is 0.0852. The Bertz CT molecular complexity index is 809. The summed E-state index contributed by atoms with van der Waals surface area (Å²) >= 11 is 0. The van der Waals surface area contributed by atoms with Crippen molar-refractivity contribution in [1.82, 2.24) is 14.3 Å². The predicted octanol–water partition coefficient (Wildman–Crippen LogP) is 2.96. The molecule has 4 nitrogen and oxygen atoms in total. The number of carbonyl (C=O) groups excluding carboxylic acids is 1. The fraction of sp³-hybridized carbons (Fsp3) is 0.222. The number of amides is 1. The number of fused-ring (bicyclic) bond motifs is 1. The molecule has 2 aromatic heterocycles. The third-order valence-corrected chi connectivity index (χ3v) is 4.41. The zero-order valence-electron chi connectivity index (χ0n) is 12.2. The van der Waals surface area contributed by atoms with Crippen molar-refractivity contribution >= 4 is 11.4 Å². The summed E-state index contributed by atoms with van der Waals surface area (Å²) in [7, 11) is 0. The van der Waals surface area contributed by atoms with Crippen molar-refractivity contribution < 1.29 is 4.79 Å². The van der Waals surface area contributed by atoms with E-state index in [0.717, 1.165) is 25.0 Å². The van der Waals surface area contributed by atoms with Crippen LogP contribution in [0, 0.1) is 0 Å². The molecule has 0 bridgehead atoms. The molecule has 1 fully saturated rings. The number of benzene rings is 1. The Hall–Kier alpha value is -2.62. The topological polar surface area (TPSA) is 37.6 Å². The van der Waals surface area contributed by atoms with Gasteiger partial charge in [0, 0.05) is 19.0 Å². The average molecular weight is 291 g/mol. The van der Waals surface area contributed by atoms with Gasteiger partial charge in [0.1, 0.15) is 5.69 Å². The number of hydrogen-bond donors (Lipinski definition) is 0. The summed E-state index contributed by atoms with van der Waals surface area (Å²) in [5.41, 5.74) is 2.95. The first-order chi connectivity index (χ1) is 10.8. The van der Waals surface area contributed by atoms with Crippen molar-refractivity contribution in [1.29, 1.82) is 0 Å². The molecule has 1 unspecified atom stereocenters. The lowest BCUT2D eigenvalue weighted by Gasteiger charge is -2.17. The van der Waals surface area contributed by atoms with E-state index in [-0.39, 0.29) is 5.91 Å². The number of rotatable bonds is 2. The molecule has 1 amide bonds. The van der Waals surface area contributed by atoms with E-state index >= 15 is 0 Å². The molecule has 0 N–H and O–H groups in total. The number of hydrogen-bond acceptors (Lipinski definition) is 2. The van der Waals surface area contributed by atoms with Gasteiger partial charge in [-0.05, 0) is 24.1 Å². The van der Waals surface area contributed by atoms with E-state index in [1.54, 1.807) is 12.5 Å². The van der Waals surface area contributed by atoms with Crippen LogP contribution in [0.25, 0.3) is 5.52 Å². The molecule has 22 heavy (non-hydrogen) atoms. The highest BCUT2D eigenvalue weighted by atomic mass is 16.2. The molecule has 0 aliphatic carbocycles. The second kappa shape index (κ2) is 5.30. The highest BCUT2D eigenvalue weighted by molar-refractivity contribution is 5.93. The van der Waals surface area contributed by atoms with Crippen LogP contribution in [0.1, 0.15) is 28.4 Å². The van der Waals surface area contributed by atoms with Crippen LogP contribution < -0.4 is 0 Å². The molecule has 1 saturated heterocycles. The van der Waals surface area contributed by atoms with Crippen molar-refractivity contribution in [3.63, 3.8) is 0 Å². The summed E-state index contributed by atoms with van der Waals surface area (Å²) in [6.45, 7) is 1.59. The van der Waals surface area contributed by atoms with E-state index < -0.39 is 0 Å². The van der Waals surface area contributed by atoms with Crippen LogP contribution in [-0.4, -0.2) is 33.3 Å². The maximum Gasteiger partial charge on any atom is 0.270 e. The number of pyridine rings is 1. The molecule has 1 aliphatic heterocycles. The van der Waals surface area contributed by atoms with Crippen LogP contribution in [0.5, 0.6) is 0 Å². The third kappa shape index (κ3) is 2.17. The monoisotopic (exact) mass is 291 g/mol. The molecule has 4 rings (SSSR count). The van der Waals surface area contributed by atoms with Crippen molar-refractivity contribution in [3.05, 3.63) is 72.3 Å².